The zero-order valence-corrected chi connectivity index (χ0v) is 12.6. The molecular formula is C13H21NO2S2. The number of hydrogen-bond acceptors (Lipinski definition) is 4. The summed E-state index contributed by atoms with van der Waals surface area (Å²) < 4.78 is 22.7. The van der Waals surface area contributed by atoms with Gasteiger partial charge in [0.1, 0.15) is 0 Å². The molecule has 1 aromatic rings. The second-order valence-corrected chi connectivity index (χ2v) is 7.65. The lowest BCUT2D eigenvalue weighted by molar-refractivity contribution is 0.599. The van der Waals surface area contributed by atoms with E-state index >= 15 is 0 Å². The van der Waals surface area contributed by atoms with Crippen molar-refractivity contribution < 1.29 is 8.42 Å². The first-order valence-corrected chi connectivity index (χ1v) is 9.01. The summed E-state index contributed by atoms with van der Waals surface area (Å²) in [5.74, 6) is 1.11. The Balaban J connectivity index is 2.47. The Hall–Kier alpha value is -0.520. The molecule has 0 aliphatic rings. The van der Waals surface area contributed by atoms with Gasteiger partial charge in [-0.05, 0) is 24.2 Å². The average molecular weight is 287 g/mol. The van der Waals surface area contributed by atoms with Crippen molar-refractivity contribution in [3.05, 3.63) is 29.8 Å². The third kappa shape index (κ3) is 5.89. The summed E-state index contributed by atoms with van der Waals surface area (Å²) in [6, 6.07) is 8.24. The minimum Gasteiger partial charge on any atom is -0.313 e. The molecule has 0 radical (unpaired) electrons. The number of rotatable bonds is 8. The van der Waals surface area contributed by atoms with Crippen LogP contribution in [-0.4, -0.2) is 32.2 Å². The molecule has 0 heterocycles. The summed E-state index contributed by atoms with van der Waals surface area (Å²) in [6.07, 6.45) is 0. The van der Waals surface area contributed by atoms with Crippen molar-refractivity contribution in [2.45, 2.75) is 25.3 Å². The van der Waals surface area contributed by atoms with Crippen LogP contribution >= 0.6 is 11.8 Å². The van der Waals surface area contributed by atoms with Crippen LogP contribution in [0, 0.1) is 0 Å². The molecule has 0 atom stereocenters. The fraction of sp³-hybridized carbons (Fsp3) is 0.538. The van der Waals surface area contributed by atoms with Crippen LogP contribution in [-0.2, 0) is 16.4 Å². The Kier molecular flexibility index (Phi) is 6.75. The van der Waals surface area contributed by atoms with Crippen molar-refractivity contribution in [1.82, 2.24) is 5.32 Å². The van der Waals surface area contributed by atoms with Crippen LogP contribution < -0.4 is 5.32 Å². The minimum absolute atomic E-state index is 0.230. The van der Waals surface area contributed by atoms with E-state index in [0.29, 0.717) is 5.75 Å². The van der Waals surface area contributed by atoms with Crippen LogP contribution in [0.25, 0.3) is 0 Å². The van der Waals surface area contributed by atoms with Crippen molar-refractivity contribution in [1.29, 1.82) is 0 Å². The van der Waals surface area contributed by atoms with E-state index in [-0.39, 0.29) is 11.5 Å². The quantitative estimate of drug-likeness (QED) is 0.745. The highest BCUT2D eigenvalue weighted by atomic mass is 32.2. The predicted molar refractivity (Wildman–Crippen MR) is 78.9 cm³/mol. The zero-order valence-electron chi connectivity index (χ0n) is 11.0. The summed E-state index contributed by atoms with van der Waals surface area (Å²) in [6.45, 7) is 5.58. The molecule has 0 amide bonds. The average Bonchev–Trinajstić information content (AvgIpc) is 2.37. The van der Waals surface area contributed by atoms with Crippen molar-refractivity contribution in [3.8, 4) is 0 Å². The summed E-state index contributed by atoms with van der Waals surface area (Å²) in [4.78, 5) is 1.14. The molecule has 0 spiro atoms. The maximum Gasteiger partial charge on any atom is 0.150 e. The normalized spacial score (nSPS) is 11.7. The Bertz CT molecular complexity index is 458. The Morgan fingerprint density at radius 1 is 1.28 bits per heavy atom. The molecule has 0 bridgehead atoms. The fourth-order valence-electron chi connectivity index (χ4n) is 1.45. The third-order valence-electron chi connectivity index (χ3n) is 2.58. The molecule has 0 saturated heterocycles. The van der Waals surface area contributed by atoms with Gasteiger partial charge < -0.3 is 5.32 Å². The van der Waals surface area contributed by atoms with E-state index in [4.69, 9.17) is 0 Å². The van der Waals surface area contributed by atoms with Crippen LogP contribution in [0.5, 0.6) is 0 Å². The van der Waals surface area contributed by atoms with Gasteiger partial charge in [0, 0.05) is 22.9 Å². The molecule has 18 heavy (non-hydrogen) atoms. The fourth-order valence-corrected chi connectivity index (χ4v) is 3.73. The molecule has 1 N–H and O–H groups in total. The summed E-state index contributed by atoms with van der Waals surface area (Å²) in [5, 5.41) is 3.28. The van der Waals surface area contributed by atoms with Crippen LogP contribution in [0.3, 0.4) is 0 Å². The molecule has 0 saturated carbocycles. The monoisotopic (exact) mass is 287 g/mol. The Morgan fingerprint density at radius 3 is 2.72 bits per heavy atom. The molecule has 102 valence electrons. The molecule has 0 fully saturated rings. The first-order valence-electron chi connectivity index (χ1n) is 6.20. The Labute approximate surface area is 114 Å². The van der Waals surface area contributed by atoms with Crippen LogP contribution in [0.4, 0.5) is 0 Å². The van der Waals surface area contributed by atoms with E-state index in [9.17, 15) is 8.42 Å². The molecule has 0 aliphatic carbocycles. The topological polar surface area (TPSA) is 46.2 Å². The molecule has 0 aliphatic heterocycles. The van der Waals surface area contributed by atoms with Gasteiger partial charge >= 0.3 is 0 Å². The van der Waals surface area contributed by atoms with Gasteiger partial charge in [0.25, 0.3) is 0 Å². The van der Waals surface area contributed by atoms with Gasteiger partial charge in [0.2, 0.25) is 0 Å². The van der Waals surface area contributed by atoms with Crippen molar-refractivity contribution in [2.24, 2.45) is 0 Å². The first kappa shape index (κ1) is 15.5. The lowest BCUT2D eigenvalue weighted by Crippen LogP contribution is -2.11. The number of thioether (sulfide) groups is 1. The van der Waals surface area contributed by atoms with E-state index in [1.165, 1.54) is 5.56 Å². The molecule has 0 unspecified atom stereocenters. The molecule has 0 aromatic heterocycles. The van der Waals surface area contributed by atoms with E-state index in [0.717, 1.165) is 18.0 Å². The summed E-state index contributed by atoms with van der Waals surface area (Å²) >= 11 is 1.60. The zero-order chi connectivity index (χ0) is 13.4. The second-order valence-electron chi connectivity index (χ2n) is 4.01. The molecule has 3 nitrogen and oxygen atoms in total. The van der Waals surface area contributed by atoms with E-state index in [1.54, 1.807) is 18.7 Å². The van der Waals surface area contributed by atoms with Crippen LogP contribution in [0.15, 0.2) is 29.2 Å². The lowest BCUT2D eigenvalue weighted by atomic mass is 10.2. The van der Waals surface area contributed by atoms with E-state index in [2.05, 4.69) is 24.4 Å². The lowest BCUT2D eigenvalue weighted by Gasteiger charge is -2.06. The van der Waals surface area contributed by atoms with E-state index in [1.807, 2.05) is 12.1 Å². The van der Waals surface area contributed by atoms with Gasteiger partial charge in [0.05, 0.1) is 5.75 Å². The largest absolute Gasteiger partial charge is 0.313 e. The van der Waals surface area contributed by atoms with Gasteiger partial charge in [-0.15, -0.1) is 11.8 Å². The number of hydrogen-bond donors (Lipinski definition) is 1. The van der Waals surface area contributed by atoms with E-state index < -0.39 is 9.84 Å². The molecule has 1 aromatic carbocycles. The van der Waals surface area contributed by atoms with Gasteiger partial charge in [-0.3, -0.25) is 0 Å². The Morgan fingerprint density at radius 2 is 2.06 bits per heavy atom. The SMILES string of the molecule is CCNCc1cccc(SCCS(=O)(=O)CC)c1. The van der Waals surface area contributed by atoms with Crippen molar-refractivity contribution in [2.75, 3.05) is 23.8 Å². The predicted octanol–water partition coefficient (Wildman–Crippen LogP) is 2.32. The minimum atomic E-state index is -2.85. The molecule has 5 heteroatoms. The van der Waals surface area contributed by atoms with Crippen molar-refractivity contribution in [3.63, 3.8) is 0 Å². The standard InChI is InChI=1S/C13H21NO2S2/c1-3-14-11-12-6-5-7-13(10-12)17-8-9-18(15,16)4-2/h5-7,10,14H,3-4,8-9,11H2,1-2H3. The maximum atomic E-state index is 11.4. The number of benzene rings is 1. The maximum absolute atomic E-state index is 11.4. The highest BCUT2D eigenvalue weighted by molar-refractivity contribution is 8.00. The highest BCUT2D eigenvalue weighted by Gasteiger charge is 2.07. The van der Waals surface area contributed by atoms with Gasteiger partial charge in [-0.1, -0.05) is 26.0 Å². The first-order chi connectivity index (χ1) is 8.57. The summed E-state index contributed by atoms with van der Waals surface area (Å²) in [5.41, 5.74) is 1.24. The van der Waals surface area contributed by atoms with Crippen LogP contribution in [0.2, 0.25) is 0 Å². The smallest absolute Gasteiger partial charge is 0.150 e. The molecule has 1 rings (SSSR count). The van der Waals surface area contributed by atoms with Gasteiger partial charge in [0.15, 0.2) is 9.84 Å². The van der Waals surface area contributed by atoms with Crippen molar-refractivity contribution >= 4 is 21.6 Å². The van der Waals surface area contributed by atoms with Gasteiger partial charge in [-0.2, -0.15) is 0 Å². The second kappa shape index (κ2) is 7.81. The highest BCUT2D eigenvalue weighted by Crippen LogP contribution is 2.19. The summed E-state index contributed by atoms with van der Waals surface area (Å²) in [7, 11) is -2.85. The van der Waals surface area contributed by atoms with Crippen LogP contribution in [0.1, 0.15) is 19.4 Å². The third-order valence-corrected chi connectivity index (χ3v) is 5.54. The number of nitrogens with one attached hydrogen (secondary N) is 1. The van der Waals surface area contributed by atoms with Gasteiger partial charge in [-0.25, -0.2) is 8.42 Å². The molecular weight excluding hydrogens is 266 g/mol. The number of sulfone groups is 1.